The average molecular weight is 683 g/mol. The average Bonchev–Trinajstić information content (AvgIpc) is 3.92. The lowest BCUT2D eigenvalue weighted by Gasteiger charge is -2.08. The summed E-state index contributed by atoms with van der Waals surface area (Å²) in [5.74, 6) is -0.0362. The number of amides is 2. The first-order valence-corrected chi connectivity index (χ1v) is 17.5. The molecule has 4 aromatic heterocycles. The molecule has 0 atom stereocenters. The van der Waals surface area contributed by atoms with Gasteiger partial charge in [-0.25, -0.2) is 15.0 Å². The summed E-state index contributed by atoms with van der Waals surface area (Å²) in [6.07, 6.45) is 11.7. The summed E-state index contributed by atoms with van der Waals surface area (Å²) >= 11 is 0. The van der Waals surface area contributed by atoms with Gasteiger partial charge in [-0.1, -0.05) is 25.3 Å². The van der Waals surface area contributed by atoms with Crippen LogP contribution in [0.4, 0.5) is 0 Å². The molecule has 262 valence electrons. The van der Waals surface area contributed by atoms with Crippen LogP contribution in [0, 0.1) is 13.8 Å². The number of rotatable bonds is 12. The van der Waals surface area contributed by atoms with Gasteiger partial charge in [-0.2, -0.15) is 0 Å². The molecule has 4 aromatic rings. The zero-order chi connectivity index (χ0) is 36.2. The van der Waals surface area contributed by atoms with Crippen molar-refractivity contribution in [1.82, 2.24) is 40.1 Å². The molecule has 6 heterocycles. The van der Waals surface area contributed by atoms with Crippen LogP contribution < -0.4 is 10.6 Å². The SMILES string of the molecule is C=Cc1c(C)c2cc3[nH]c(cc4nc(cc5nc(cc1[nH]2)C(C)=C5CCC(=O)NCCCn1ccnc1)C(CCC(=O)NC)=C4C)c(C)c3C=C. The highest BCUT2D eigenvalue weighted by atomic mass is 16.2. The summed E-state index contributed by atoms with van der Waals surface area (Å²) in [7, 11) is 1.65. The fourth-order valence-corrected chi connectivity index (χ4v) is 6.90. The molecule has 0 aliphatic carbocycles. The number of hydrogen-bond acceptors (Lipinski definition) is 5. The van der Waals surface area contributed by atoms with Gasteiger partial charge in [0.25, 0.3) is 0 Å². The Balaban J connectivity index is 1.49. The predicted octanol–water partition coefficient (Wildman–Crippen LogP) is 7.79. The lowest BCUT2D eigenvalue weighted by atomic mass is 9.98. The Morgan fingerprint density at radius 1 is 0.765 bits per heavy atom. The van der Waals surface area contributed by atoms with Gasteiger partial charge >= 0.3 is 0 Å². The maximum atomic E-state index is 13.0. The van der Waals surface area contributed by atoms with Gasteiger partial charge in [-0.15, -0.1) is 0 Å². The molecule has 10 heteroatoms. The topological polar surface area (TPSA) is 133 Å². The lowest BCUT2D eigenvalue weighted by molar-refractivity contribution is -0.121. The monoisotopic (exact) mass is 682 g/mol. The number of nitrogens with one attached hydrogen (secondary N) is 4. The molecular formula is C41H46N8O2. The number of carbonyl (C=O) groups is 2. The summed E-state index contributed by atoms with van der Waals surface area (Å²) in [6.45, 7) is 17.9. The summed E-state index contributed by atoms with van der Waals surface area (Å²) in [5, 5.41) is 5.82. The van der Waals surface area contributed by atoms with E-state index in [1.165, 1.54) is 0 Å². The predicted molar refractivity (Wildman–Crippen MR) is 208 cm³/mol. The van der Waals surface area contributed by atoms with Crippen molar-refractivity contribution in [3.05, 3.63) is 101 Å². The van der Waals surface area contributed by atoms with Crippen molar-refractivity contribution in [3.8, 4) is 0 Å². The standard InChI is InChI=1S/C41H46N8O2/c1-8-28-24(3)32-19-33-26(5)30(11-13-40(50)42-7)38(47-33)22-39-31(12-14-41(51)44-15-10-17-49-18-16-43-23-49)27(6)35(48-39)21-37-29(9-2)25(4)34(46-37)20-36(28)45-32/h8-9,16,18-23,45-46H,1-2,10-15,17H2,3-7H3,(H,42,50)(H,44,51). The van der Waals surface area contributed by atoms with Gasteiger partial charge in [0.2, 0.25) is 11.8 Å². The van der Waals surface area contributed by atoms with Crippen LogP contribution in [0.1, 0.15) is 91.0 Å². The molecule has 4 N–H and O–H groups in total. The van der Waals surface area contributed by atoms with Crippen LogP contribution in [0.15, 0.2) is 56.1 Å². The number of nitrogens with zero attached hydrogens (tertiary/aromatic N) is 4. The van der Waals surface area contributed by atoms with Crippen molar-refractivity contribution in [1.29, 1.82) is 0 Å². The maximum Gasteiger partial charge on any atom is 0.220 e. The van der Waals surface area contributed by atoms with Crippen LogP contribution in [0.25, 0.3) is 56.5 Å². The molecule has 0 saturated carbocycles. The van der Waals surface area contributed by atoms with E-state index >= 15 is 0 Å². The number of H-pyrrole nitrogens is 2. The second-order valence-electron chi connectivity index (χ2n) is 13.1. The first kappa shape index (κ1) is 35.1. The van der Waals surface area contributed by atoms with Gasteiger partial charge in [-0.3, -0.25) is 9.59 Å². The second kappa shape index (κ2) is 15.0. The Kier molecular flexibility index (Phi) is 10.3. The Morgan fingerprint density at radius 3 is 1.86 bits per heavy atom. The Hall–Kier alpha value is -5.77. The van der Waals surface area contributed by atoms with Gasteiger partial charge < -0.3 is 25.2 Å². The fourth-order valence-electron chi connectivity index (χ4n) is 6.90. The third kappa shape index (κ3) is 7.26. The molecule has 0 unspecified atom stereocenters. The molecule has 10 nitrogen and oxygen atoms in total. The molecule has 0 spiro atoms. The first-order valence-electron chi connectivity index (χ1n) is 17.5. The van der Waals surface area contributed by atoms with Crippen LogP contribution in [-0.4, -0.2) is 54.9 Å². The number of aromatic nitrogens is 6. The summed E-state index contributed by atoms with van der Waals surface area (Å²) in [6, 6.07) is 8.27. The van der Waals surface area contributed by atoms with Gasteiger partial charge in [0.15, 0.2) is 0 Å². The minimum atomic E-state index is -0.0316. The zero-order valence-corrected chi connectivity index (χ0v) is 30.2. The van der Waals surface area contributed by atoms with Gasteiger partial charge in [-0.05, 0) is 105 Å². The van der Waals surface area contributed by atoms with E-state index in [2.05, 4.69) is 84.6 Å². The molecule has 51 heavy (non-hydrogen) atoms. The zero-order valence-electron chi connectivity index (χ0n) is 30.2. The van der Waals surface area contributed by atoms with E-state index in [9.17, 15) is 9.59 Å². The molecule has 0 radical (unpaired) electrons. The highest BCUT2D eigenvalue weighted by molar-refractivity contribution is 5.97. The summed E-state index contributed by atoms with van der Waals surface area (Å²) < 4.78 is 2.00. The van der Waals surface area contributed by atoms with Crippen LogP contribution in [0.3, 0.4) is 0 Å². The third-order valence-electron chi connectivity index (χ3n) is 10.00. The Labute approximate surface area is 298 Å². The van der Waals surface area contributed by atoms with Crippen LogP contribution >= 0.6 is 0 Å². The van der Waals surface area contributed by atoms with E-state index in [1.54, 1.807) is 19.6 Å². The number of fused-ring (bicyclic) bond motifs is 8. The molecular weight excluding hydrogens is 637 g/mol. The Bertz CT molecular complexity index is 2260. The minimum Gasteiger partial charge on any atom is -0.359 e. The van der Waals surface area contributed by atoms with Gasteiger partial charge in [0, 0.05) is 78.6 Å². The van der Waals surface area contributed by atoms with E-state index < -0.39 is 0 Å². The lowest BCUT2D eigenvalue weighted by Crippen LogP contribution is -2.24. The van der Waals surface area contributed by atoms with Crippen molar-refractivity contribution in [3.63, 3.8) is 0 Å². The first-order chi connectivity index (χ1) is 24.6. The van der Waals surface area contributed by atoms with E-state index in [4.69, 9.17) is 9.97 Å². The van der Waals surface area contributed by atoms with Crippen molar-refractivity contribution in [2.75, 3.05) is 13.6 Å². The summed E-state index contributed by atoms with van der Waals surface area (Å²) in [5.41, 5.74) is 15.1. The van der Waals surface area contributed by atoms with Gasteiger partial charge in [0.05, 0.1) is 29.1 Å². The molecule has 2 aliphatic heterocycles. The molecule has 0 fully saturated rings. The number of imidazole rings is 1. The van der Waals surface area contributed by atoms with Crippen LogP contribution in [-0.2, 0) is 16.1 Å². The van der Waals surface area contributed by atoms with E-state index in [1.807, 2.05) is 29.0 Å². The number of allylic oxidation sites excluding steroid dienone is 4. The molecule has 6 rings (SSSR count). The van der Waals surface area contributed by atoms with Crippen molar-refractivity contribution in [2.24, 2.45) is 0 Å². The quantitative estimate of drug-likeness (QED) is 0.113. The van der Waals surface area contributed by atoms with E-state index in [-0.39, 0.29) is 11.8 Å². The molecule has 8 bridgehead atoms. The normalized spacial score (nSPS) is 12.7. The minimum absolute atomic E-state index is 0.00459. The second-order valence-corrected chi connectivity index (χ2v) is 13.1. The van der Waals surface area contributed by atoms with Crippen molar-refractivity contribution in [2.45, 2.75) is 66.3 Å². The van der Waals surface area contributed by atoms with Crippen LogP contribution in [0.2, 0.25) is 0 Å². The maximum absolute atomic E-state index is 13.0. The highest BCUT2D eigenvalue weighted by Gasteiger charge is 2.23. The molecule has 0 aromatic carbocycles. The smallest absolute Gasteiger partial charge is 0.220 e. The molecule has 2 amide bonds. The number of hydrogen-bond donors (Lipinski definition) is 4. The van der Waals surface area contributed by atoms with Crippen molar-refractivity contribution >= 4 is 68.3 Å². The fraction of sp³-hybridized carbons (Fsp3) is 0.293. The third-order valence-corrected chi connectivity index (χ3v) is 10.00. The molecule has 2 aliphatic rings. The Morgan fingerprint density at radius 2 is 1.31 bits per heavy atom. The van der Waals surface area contributed by atoms with E-state index in [0.717, 1.165) is 102 Å². The number of carbonyl (C=O) groups excluding carboxylic acids is 2. The van der Waals surface area contributed by atoms with E-state index in [0.29, 0.717) is 32.2 Å². The number of aromatic amines is 2. The van der Waals surface area contributed by atoms with Crippen LogP contribution in [0.5, 0.6) is 0 Å². The van der Waals surface area contributed by atoms with Gasteiger partial charge in [0.1, 0.15) is 0 Å². The summed E-state index contributed by atoms with van der Waals surface area (Å²) in [4.78, 5) is 47.1. The molecule has 0 saturated heterocycles. The number of aryl methyl sites for hydroxylation is 3. The highest BCUT2D eigenvalue weighted by Crippen LogP contribution is 2.38. The van der Waals surface area contributed by atoms with Crippen molar-refractivity contribution < 1.29 is 9.59 Å². The largest absolute Gasteiger partial charge is 0.359 e.